The molecule has 2 N–H and O–H groups in total. The number of amides is 1. The van der Waals surface area contributed by atoms with Gasteiger partial charge < -0.3 is 5.32 Å². The zero-order valence-corrected chi connectivity index (χ0v) is 15.5. The molecule has 5 heteroatoms. The number of hydrogen-bond acceptors (Lipinski definition) is 2. The number of fused-ring (bicyclic) bond motifs is 1. The van der Waals surface area contributed by atoms with Gasteiger partial charge in [0, 0.05) is 16.6 Å². The Bertz CT molecular complexity index is 1080. The molecule has 0 saturated heterocycles. The molecular formula is C21H16BrN3O. The van der Waals surface area contributed by atoms with Crippen molar-refractivity contribution in [2.45, 2.75) is 6.54 Å². The van der Waals surface area contributed by atoms with Crippen LogP contribution in [0.4, 0.5) is 0 Å². The maximum Gasteiger partial charge on any atom is 0.269 e. The molecule has 4 aromatic rings. The standard InChI is InChI=1S/C21H16BrN3O/c22-16-8-3-5-14(11-16)13-23-21(26)20-12-19(24-25-20)18-10-4-7-15-6-1-2-9-17(15)18/h1-12H,13H2,(H,23,26)(H,24,25). The van der Waals surface area contributed by atoms with E-state index in [1.54, 1.807) is 6.07 Å². The first-order valence-corrected chi connectivity index (χ1v) is 9.06. The van der Waals surface area contributed by atoms with Crippen LogP contribution in [0.1, 0.15) is 16.1 Å². The van der Waals surface area contributed by atoms with Crippen LogP contribution in [0.2, 0.25) is 0 Å². The second-order valence-electron chi connectivity index (χ2n) is 6.01. The molecule has 1 amide bonds. The predicted octanol–water partition coefficient (Wildman–Crippen LogP) is 4.92. The smallest absolute Gasteiger partial charge is 0.269 e. The van der Waals surface area contributed by atoms with Gasteiger partial charge >= 0.3 is 0 Å². The molecule has 0 aliphatic carbocycles. The molecule has 0 fully saturated rings. The van der Waals surface area contributed by atoms with Gasteiger partial charge in [-0.05, 0) is 34.5 Å². The fourth-order valence-corrected chi connectivity index (χ4v) is 3.40. The third-order valence-corrected chi connectivity index (χ3v) is 4.72. The summed E-state index contributed by atoms with van der Waals surface area (Å²) < 4.78 is 0.990. The van der Waals surface area contributed by atoms with Gasteiger partial charge in [0.1, 0.15) is 5.69 Å². The summed E-state index contributed by atoms with van der Waals surface area (Å²) in [6.45, 7) is 0.459. The summed E-state index contributed by atoms with van der Waals surface area (Å²) in [5.74, 6) is -0.177. The zero-order chi connectivity index (χ0) is 17.9. The zero-order valence-electron chi connectivity index (χ0n) is 13.9. The van der Waals surface area contributed by atoms with E-state index >= 15 is 0 Å². The second-order valence-corrected chi connectivity index (χ2v) is 6.92. The molecule has 0 unspecified atom stereocenters. The highest BCUT2D eigenvalue weighted by atomic mass is 79.9. The molecule has 0 atom stereocenters. The minimum atomic E-state index is -0.177. The number of hydrogen-bond donors (Lipinski definition) is 2. The summed E-state index contributed by atoms with van der Waals surface area (Å²) in [7, 11) is 0. The Morgan fingerprint density at radius 3 is 2.69 bits per heavy atom. The molecule has 3 aromatic carbocycles. The van der Waals surface area contributed by atoms with Gasteiger partial charge in [0.05, 0.1) is 5.69 Å². The fraction of sp³-hybridized carbons (Fsp3) is 0.0476. The molecule has 4 nitrogen and oxygen atoms in total. The summed E-state index contributed by atoms with van der Waals surface area (Å²) >= 11 is 3.43. The lowest BCUT2D eigenvalue weighted by atomic mass is 10.0. The number of carbonyl (C=O) groups excluding carboxylic acids is 1. The van der Waals surface area contributed by atoms with E-state index in [0.29, 0.717) is 12.2 Å². The minimum Gasteiger partial charge on any atom is -0.347 e. The topological polar surface area (TPSA) is 57.8 Å². The van der Waals surface area contributed by atoms with Crippen LogP contribution in [0.25, 0.3) is 22.0 Å². The minimum absolute atomic E-state index is 0.177. The number of aromatic nitrogens is 2. The van der Waals surface area contributed by atoms with Crippen LogP contribution in [0.3, 0.4) is 0 Å². The van der Waals surface area contributed by atoms with Crippen LogP contribution < -0.4 is 5.32 Å². The lowest BCUT2D eigenvalue weighted by molar-refractivity contribution is 0.0946. The molecule has 4 rings (SSSR count). The monoisotopic (exact) mass is 405 g/mol. The Morgan fingerprint density at radius 1 is 1.00 bits per heavy atom. The first kappa shape index (κ1) is 16.5. The lowest BCUT2D eigenvalue weighted by Crippen LogP contribution is -2.23. The Morgan fingerprint density at radius 2 is 1.81 bits per heavy atom. The summed E-state index contributed by atoms with van der Waals surface area (Å²) in [4.78, 5) is 12.4. The largest absolute Gasteiger partial charge is 0.347 e. The summed E-state index contributed by atoms with van der Waals surface area (Å²) in [5.41, 5.74) is 3.24. The molecule has 26 heavy (non-hydrogen) atoms. The summed E-state index contributed by atoms with van der Waals surface area (Å²) in [6.07, 6.45) is 0. The summed E-state index contributed by atoms with van der Waals surface area (Å²) in [6, 6.07) is 23.9. The van der Waals surface area contributed by atoms with Gasteiger partial charge in [-0.2, -0.15) is 5.10 Å². The van der Waals surface area contributed by atoms with E-state index in [1.807, 2.05) is 48.5 Å². The van der Waals surface area contributed by atoms with Crippen molar-refractivity contribution in [3.05, 3.63) is 88.5 Å². The van der Waals surface area contributed by atoms with Gasteiger partial charge in [0.25, 0.3) is 5.91 Å². The highest BCUT2D eigenvalue weighted by molar-refractivity contribution is 9.10. The Kier molecular flexibility index (Phi) is 4.54. The molecule has 0 saturated carbocycles. The predicted molar refractivity (Wildman–Crippen MR) is 107 cm³/mol. The number of nitrogens with zero attached hydrogens (tertiary/aromatic N) is 1. The second kappa shape index (κ2) is 7.14. The fourth-order valence-electron chi connectivity index (χ4n) is 2.95. The Hall–Kier alpha value is -2.92. The van der Waals surface area contributed by atoms with Gasteiger partial charge in [-0.15, -0.1) is 0 Å². The normalized spacial score (nSPS) is 10.8. The van der Waals surface area contributed by atoms with Crippen molar-refractivity contribution in [1.82, 2.24) is 15.5 Å². The highest BCUT2D eigenvalue weighted by Gasteiger charge is 2.12. The molecular weight excluding hydrogens is 390 g/mol. The van der Waals surface area contributed by atoms with Crippen molar-refractivity contribution < 1.29 is 4.79 Å². The van der Waals surface area contributed by atoms with E-state index in [9.17, 15) is 4.79 Å². The molecule has 0 aliphatic heterocycles. The third kappa shape index (κ3) is 3.39. The van der Waals surface area contributed by atoms with Crippen molar-refractivity contribution in [3.8, 4) is 11.3 Å². The van der Waals surface area contributed by atoms with E-state index in [-0.39, 0.29) is 5.91 Å². The number of aromatic amines is 1. The van der Waals surface area contributed by atoms with Crippen molar-refractivity contribution in [2.24, 2.45) is 0 Å². The molecule has 0 radical (unpaired) electrons. The lowest BCUT2D eigenvalue weighted by Gasteiger charge is -2.04. The van der Waals surface area contributed by atoms with E-state index in [1.165, 1.54) is 0 Å². The van der Waals surface area contributed by atoms with E-state index < -0.39 is 0 Å². The van der Waals surface area contributed by atoms with Crippen LogP contribution in [0.15, 0.2) is 77.3 Å². The van der Waals surface area contributed by atoms with E-state index in [0.717, 1.165) is 32.1 Å². The van der Waals surface area contributed by atoms with Crippen molar-refractivity contribution in [2.75, 3.05) is 0 Å². The molecule has 128 valence electrons. The molecule has 0 bridgehead atoms. The molecule has 0 spiro atoms. The van der Waals surface area contributed by atoms with Crippen molar-refractivity contribution >= 4 is 32.6 Å². The van der Waals surface area contributed by atoms with Crippen molar-refractivity contribution in [1.29, 1.82) is 0 Å². The van der Waals surface area contributed by atoms with Gasteiger partial charge in [0.2, 0.25) is 0 Å². The maximum atomic E-state index is 12.4. The molecule has 1 heterocycles. The highest BCUT2D eigenvalue weighted by Crippen LogP contribution is 2.27. The number of H-pyrrole nitrogens is 1. The SMILES string of the molecule is O=C(NCc1cccc(Br)c1)c1cc(-c2cccc3ccccc23)n[nH]1. The average Bonchev–Trinajstić information content (AvgIpc) is 3.16. The van der Waals surface area contributed by atoms with Crippen LogP contribution in [0, 0.1) is 0 Å². The average molecular weight is 406 g/mol. The molecule has 1 aromatic heterocycles. The van der Waals surface area contributed by atoms with Crippen LogP contribution in [-0.4, -0.2) is 16.1 Å². The van der Waals surface area contributed by atoms with Crippen LogP contribution in [0.5, 0.6) is 0 Å². The quantitative estimate of drug-likeness (QED) is 0.505. The van der Waals surface area contributed by atoms with Gasteiger partial charge in [-0.3, -0.25) is 9.89 Å². The first-order valence-electron chi connectivity index (χ1n) is 8.27. The van der Waals surface area contributed by atoms with Gasteiger partial charge in [-0.1, -0.05) is 70.5 Å². The maximum absolute atomic E-state index is 12.4. The van der Waals surface area contributed by atoms with Crippen molar-refractivity contribution in [3.63, 3.8) is 0 Å². The van der Waals surface area contributed by atoms with Gasteiger partial charge in [-0.25, -0.2) is 0 Å². The number of carbonyl (C=O) groups is 1. The number of benzene rings is 3. The third-order valence-electron chi connectivity index (χ3n) is 4.23. The van der Waals surface area contributed by atoms with Gasteiger partial charge in [0.15, 0.2) is 0 Å². The number of rotatable bonds is 4. The number of nitrogens with one attached hydrogen (secondary N) is 2. The van der Waals surface area contributed by atoms with Crippen LogP contribution in [-0.2, 0) is 6.54 Å². The Labute approximate surface area is 159 Å². The Balaban J connectivity index is 1.55. The number of halogens is 1. The molecule has 0 aliphatic rings. The van der Waals surface area contributed by atoms with Crippen LogP contribution >= 0.6 is 15.9 Å². The van der Waals surface area contributed by atoms with E-state index in [4.69, 9.17) is 0 Å². The first-order chi connectivity index (χ1) is 12.7. The summed E-state index contributed by atoms with van der Waals surface area (Å²) in [5, 5.41) is 12.4. The van der Waals surface area contributed by atoms with E-state index in [2.05, 4.69) is 49.6 Å².